The molecule has 0 spiro atoms. The van der Waals surface area contributed by atoms with Crippen LogP contribution in [0.15, 0.2) is 24.4 Å². The summed E-state index contributed by atoms with van der Waals surface area (Å²) >= 11 is 6.50. The molecule has 33 heavy (non-hydrogen) atoms. The number of anilines is 2. The van der Waals surface area contributed by atoms with Gasteiger partial charge in [0.25, 0.3) is 5.91 Å². The summed E-state index contributed by atoms with van der Waals surface area (Å²) in [6, 6.07) is 5.38. The van der Waals surface area contributed by atoms with Crippen LogP contribution in [0.25, 0.3) is 11.1 Å². The van der Waals surface area contributed by atoms with E-state index in [9.17, 15) is 4.79 Å². The minimum atomic E-state index is -0.696. The number of nitrogens with zero attached hydrogens (tertiary/aromatic N) is 3. The maximum atomic E-state index is 15.2. The van der Waals surface area contributed by atoms with Crippen LogP contribution >= 0.6 is 11.6 Å². The van der Waals surface area contributed by atoms with E-state index in [1.165, 1.54) is 36.1 Å². The lowest BCUT2D eigenvalue weighted by atomic mass is 10.0. The number of aromatic nitrogens is 1. The van der Waals surface area contributed by atoms with E-state index in [1.807, 2.05) is 0 Å². The zero-order chi connectivity index (χ0) is 23.5. The summed E-state index contributed by atoms with van der Waals surface area (Å²) in [5.41, 5.74) is 6.41. The number of nitrogen functional groups attached to an aromatic ring is 1. The standard InChI is InChI=1S/C24H31ClFN5O2/c1-30(2)24(32)22-20(27)6-5-17(23(22)26)18-14-29-21(12-19(18)25)28-13-15-3-4-16(11-15)31-7-9-33-10-8-31/h5-6,12,14-16H,3-4,7-11,13,27H2,1-2H3,(H,28,29). The maximum Gasteiger partial charge on any atom is 0.258 e. The highest BCUT2D eigenvalue weighted by Crippen LogP contribution is 2.35. The Morgan fingerprint density at radius 3 is 2.76 bits per heavy atom. The van der Waals surface area contributed by atoms with Crippen molar-refractivity contribution in [3.05, 3.63) is 40.8 Å². The number of ether oxygens (including phenoxy) is 1. The highest BCUT2D eigenvalue weighted by atomic mass is 35.5. The monoisotopic (exact) mass is 475 g/mol. The van der Waals surface area contributed by atoms with Gasteiger partial charge in [0.15, 0.2) is 0 Å². The van der Waals surface area contributed by atoms with Crippen molar-refractivity contribution in [1.29, 1.82) is 0 Å². The lowest BCUT2D eigenvalue weighted by Crippen LogP contribution is -2.42. The number of rotatable bonds is 6. The second kappa shape index (κ2) is 10.2. The lowest BCUT2D eigenvalue weighted by Gasteiger charge is -2.32. The van der Waals surface area contributed by atoms with Crippen LogP contribution in [-0.4, -0.2) is 73.7 Å². The Kier molecular flexibility index (Phi) is 7.36. The SMILES string of the molecule is CN(C)C(=O)c1c(N)ccc(-c2cnc(NCC3CCC(N4CCOCC4)C3)cc2Cl)c1F. The number of amides is 1. The van der Waals surface area contributed by atoms with Gasteiger partial charge in [0.05, 0.1) is 23.8 Å². The first-order valence-electron chi connectivity index (χ1n) is 11.4. The van der Waals surface area contributed by atoms with Gasteiger partial charge in [-0.15, -0.1) is 0 Å². The van der Waals surface area contributed by atoms with Crippen molar-refractivity contribution in [1.82, 2.24) is 14.8 Å². The largest absolute Gasteiger partial charge is 0.398 e. The first-order valence-corrected chi connectivity index (χ1v) is 11.7. The van der Waals surface area contributed by atoms with Gasteiger partial charge in [-0.3, -0.25) is 9.69 Å². The van der Waals surface area contributed by atoms with Crippen LogP contribution in [-0.2, 0) is 4.74 Å². The maximum absolute atomic E-state index is 15.2. The lowest BCUT2D eigenvalue weighted by molar-refractivity contribution is 0.0173. The van der Waals surface area contributed by atoms with Gasteiger partial charge in [0.2, 0.25) is 0 Å². The molecule has 2 heterocycles. The minimum Gasteiger partial charge on any atom is -0.398 e. The van der Waals surface area contributed by atoms with Crippen molar-refractivity contribution in [3.63, 3.8) is 0 Å². The van der Waals surface area contributed by atoms with Crippen molar-refractivity contribution in [2.45, 2.75) is 25.3 Å². The molecule has 4 rings (SSSR count). The summed E-state index contributed by atoms with van der Waals surface area (Å²) < 4.78 is 20.7. The number of carbonyl (C=O) groups excluding carboxylic acids is 1. The van der Waals surface area contributed by atoms with E-state index in [4.69, 9.17) is 22.1 Å². The molecule has 1 aromatic carbocycles. The van der Waals surface area contributed by atoms with Gasteiger partial charge in [0, 0.05) is 62.8 Å². The van der Waals surface area contributed by atoms with Gasteiger partial charge in [-0.2, -0.15) is 0 Å². The molecule has 1 aliphatic heterocycles. The van der Waals surface area contributed by atoms with Gasteiger partial charge in [-0.25, -0.2) is 9.37 Å². The highest BCUT2D eigenvalue weighted by Gasteiger charge is 2.30. The smallest absolute Gasteiger partial charge is 0.258 e. The van der Waals surface area contributed by atoms with E-state index in [0.29, 0.717) is 28.4 Å². The summed E-state index contributed by atoms with van der Waals surface area (Å²) in [6.07, 6.45) is 5.09. The van der Waals surface area contributed by atoms with Gasteiger partial charge < -0.3 is 20.7 Å². The second-order valence-corrected chi connectivity index (χ2v) is 9.41. The molecule has 2 atom stereocenters. The molecule has 2 aliphatic rings. The Labute approximate surface area is 199 Å². The molecule has 1 saturated carbocycles. The summed E-state index contributed by atoms with van der Waals surface area (Å²) in [5.74, 6) is 0.0330. The Morgan fingerprint density at radius 2 is 2.06 bits per heavy atom. The third-order valence-electron chi connectivity index (χ3n) is 6.59. The third-order valence-corrected chi connectivity index (χ3v) is 6.90. The van der Waals surface area contributed by atoms with E-state index < -0.39 is 11.7 Å². The Bertz CT molecular complexity index is 1010. The molecule has 0 radical (unpaired) electrons. The normalized spacial score (nSPS) is 21.2. The number of hydrogen-bond donors (Lipinski definition) is 2. The van der Waals surface area contributed by atoms with Crippen LogP contribution in [0.4, 0.5) is 15.9 Å². The van der Waals surface area contributed by atoms with Crippen LogP contribution in [0.5, 0.6) is 0 Å². The number of hydrogen-bond acceptors (Lipinski definition) is 6. The number of nitrogens with two attached hydrogens (primary N) is 1. The first kappa shape index (κ1) is 23.7. The fourth-order valence-corrected chi connectivity index (χ4v) is 4.98. The van der Waals surface area contributed by atoms with E-state index in [-0.39, 0.29) is 16.8 Å². The van der Waals surface area contributed by atoms with Crippen LogP contribution in [0.2, 0.25) is 5.02 Å². The molecule has 7 nitrogen and oxygen atoms in total. The Hall–Kier alpha value is -2.42. The van der Waals surface area contributed by atoms with E-state index >= 15 is 4.39 Å². The molecular formula is C24H31ClFN5O2. The molecule has 9 heteroatoms. The van der Waals surface area contributed by atoms with Crippen molar-refractivity contribution >= 4 is 29.0 Å². The molecule has 0 bridgehead atoms. The van der Waals surface area contributed by atoms with Crippen LogP contribution < -0.4 is 11.1 Å². The second-order valence-electron chi connectivity index (χ2n) is 9.00. The zero-order valence-corrected chi connectivity index (χ0v) is 19.9. The van der Waals surface area contributed by atoms with Crippen molar-refractivity contribution in [2.24, 2.45) is 5.92 Å². The molecule has 2 unspecified atom stereocenters. The summed E-state index contributed by atoms with van der Waals surface area (Å²) in [6.45, 7) is 4.52. The number of pyridine rings is 1. The fourth-order valence-electron chi connectivity index (χ4n) is 4.72. The molecule has 1 saturated heterocycles. The third kappa shape index (κ3) is 5.23. The molecule has 3 N–H and O–H groups in total. The van der Waals surface area contributed by atoms with Crippen molar-refractivity contribution < 1.29 is 13.9 Å². The molecular weight excluding hydrogens is 445 g/mol. The molecule has 2 fully saturated rings. The quantitative estimate of drug-likeness (QED) is 0.619. The summed E-state index contributed by atoms with van der Waals surface area (Å²) in [4.78, 5) is 20.7. The average molecular weight is 476 g/mol. The fraction of sp³-hybridized carbons (Fsp3) is 0.500. The number of carbonyl (C=O) groups is 1. The van der Waals surface area contributed by atoms with Gasteiger partial charge in [-0.05, 0) is 43.4 Å². The molecule has 1 aromatic heterocycles. The van der Waals surface area contributed by atoms with E-state index in [2.05, 4.69) is 15.2 Å². The average Bonchev–Trinajstić information content (AvgIpc) is 3.28. The topological polar surface area (TPSA) is 83.7 Å². The van der Waals surface area contributed by atoms with Gasteiger partial charge in [-0.1, -0.05) is 11.6 Å². The van der Waals surface area contributed by atoms with Crippen molar-refractivity contribution in [2.75, 3.05) is 58.0 Å². The molecule has 1 amide bonds. The Balaban J connectivity index is 1.43. The van der Waals surface area contributed by atoms with Crippen LogP contribution in [0, 0.1) is 11.7 Å². The number of benzene rings is 1. The van der Waals surface area contributed by atoms with E-state index in [0.717, 1.165) is 39.3 Å². The van der Waals surface area contributed by atoms with Gasteiger partial charge in [0.1, 0.15) is 11.6 Å². The number of halogens is 2. The van der Waals surface area contributed by atoms with Crippen LogP contribution in [0.1, 0.15) is 29.6 Å². The molecule has 178 valence electrons. The Morgan fingerprint density at radius 1 is 1.30 bits per heavy atom. The van der Waals surface area contributed by atoms with E-state index in [1.54, 1.807) is 20.2 Å². The number of morpholine rings is 1. The predicted molar refractivity (Wildman–Crippen MR) is 129 cm³/mol. The zero-order valence-electron chi connectivity index (χ0n) is 19.1. The minimum absolute atomic E-state index is 0.0873. The van der Waals surface area contributed by atoms with Crippen LogP contribution in [0.3, 0.4) is 0 Å². The summed E-state index contributed by atoms with van der Waals surface area (Å²) in [7, 11) is 3.10. The predicted octanol–water partition coefficient (Wildman–Crippen LogP) is 3.74. The molecule has 1 aliphatic carbocycles. The number of nitrogens with one attached hydrogen (secondary N) is 1. The first-order chi connectivity index (χ1) is 15.8. The van der Waals surface area contributed by atoms with Gasteiger partial charge >= 0.3 is 0 Å². The molecule has 2 aromatic rings. The summed E-state index contributed by atoms with van der Waals surface area (Å²) in [5, 5.41) is 3.74. The van der Waals surface area contributed by atoms with Crippen molar-refractivity contribution in [3.8, 4) is 11.1 Å². The highest BCUT2D eigenvalue weighted by molar-refractivity contribution is 6.33.